The fourth-order valence-corrected chi connectivity index (χ4v) is 4.49. The first kappa shape index (κ1) is 22.8. The highest BCUT2D eigenvalue weighted by Gasteiger charge is 2.15. The molecule has 0 unspecified atom stereocenters. The van der Waals surface area contributed by atoms with Crippen molar-refractivity contribution >= 4 is 34.1 Å². The summed E-state index contributed by atoms with van der Waals surface area (Å²) in [5, 5.41) is 11.3. The highest BCUT2D eigenvalue weighted by atomic mass is 32.2. The lowest BCUT2D eigenvalue weighted by Crippen LogP contribution is -2.12. The van der Waals surface area contributed by atoms with E-state index in [2.05, 4.69) is 15.5 Å². The molecular weight excluding hydrogens is 441 g/mol. The number of halogens is 1. The Kier molecular flexibility index (Phi) is 8.07. The van der Waals surface area contributed by atoms with E-state index in [0.29, 0.717) is 34.6 Å². The number of benzene rings is 2. The molecule has 0 aliphatic rings. The Bertz CT molecular complexity index is 1000. The molecule has 0 radical (unpaired) electrons. The summed E-state index contributed by atoms with van der Waals surface area (Å²) in [4.78, 5) is 12.3. The topological polar surface area (TPSA) is 82.6 Å². The lowest BCUT2D eigenvalue weighted by atomic mass is 10.1. The van der Waals surface area contributed by atoms with E-state index < -0.39 is 0 Å². The number of rotatable bonds is 10. The van der Waals surface area contributed by atoms with Gasteiger partial charge in [-0.25, -0.2) is 4.39 Å². The zero-order chi connectivity index (χ0) is 22.2. The van der Waals surface area contributed by atoms with E-state index in [1.54, 1.807) is 33.5 Å². The monoisotopic (exact) mass is 463 g/mol. The van der Waals surface area contributed by atoms with Gasteiger partial charge in [-0.3, -0.25) is 4.79 Å². The summed E-state index contributed by atoms with van der Waals surface area (Å²) >= 11 is 2.78. The summed E-state index contributed by atoms with van der Waals surface area (Å²) in [6, 6.07) is 9.96. The number of aryl methyl sites for hydroxylation is 1. The lowest BCUT2D eigenvalue weighted by Gasteiger charge is -2.14. The van der Waals surface area contributed by atoms with E-state index in [4.69, 9.17) is 14.2 Å². The van der Waals surface area contributed by atoms with Crippen LogP contribution in [0.4, 0.5) is 9.52 Å². The minimum atomic E-state index is -0.263. The van der Waals surface area contributed by atoms with Crippen molar-refractivity contribution in [3.63, 3.8) is 0 Å². The summed E-state index contributed by atoms with van der Waals surface area (Å²) in [5.41, 5.74) is 1.87. The van der Waals surface area contributed by atoms with Gasteiger partial charge in [0.25, 0.3) is 0 Å². The number of hydrogen-bond donors (Lipinski definition) is 1. The molecule has 0 aliphatic carbocycles. The molecule has 3 rings (SSSR count). The van der Waals surface area contributed by atoms with Gasteiger partial charge in [0.2, 0.25) is 16.8 Å². The van der Waals surface area contributed by atoms with Crippen LogP contribution in [0.3, 0.4) is 0 Å². The first-order valence-corrected chi connectivity index (χ1v) is 11.1. The van der Waals surface area contributed by atoms with E-state index in [1.807, 2.05) is 12.1 Å². The van der Waals surface area contributed by atoms with Crippen molar-refractivity contribution in [1.29, 1.82) is 0 Å². The van der Waals surface area contributed by atoms with Crippen LogP contribution in [0.1, 0.15) is 17.5 Å². The van der Waals surface area contributed by atoms with Gasteiger partial charge in [-0.05, 0) is 41.8 Å². The van der Waals surface area contributed by atoms with Crippen LogP contribution in [0.5, 0.6) is 17.2 Å². The van der Waals surface area contributed by atoms with Gasteiger partial charge in [0.1, 0.15) is 5.82 Å². The molecule has 2 aromatic carbocycles. The Morgan fingerprint density at radius 1 is 1.03 bits per heavy atom. The number of nitrogens with one attached hydrogen (secondary N) is 1. The largest absolute Gasteiger partial charge is 0.493 e. The van der Waals surface area contributed by atoms with Gasteiger partial charge in [0.15, 0.2) is 15.8 Å². The van der Waals surface area contributed by atoms with E-state index in [0.717, 1.165) is 15.5 Å². The van der Waals surface area contributed by atoms with Gasteiger partial charge in [-0.15, -0.1) is 10.2 Å². The second-order valence-corrected chi connectivity index (χ2v) is 8.57. The number of aromatic nitrogens is 2. The molecule has 1 aromatic heterocycles. The molecule has 1 amide bonds. The highest BCUT2D eigenvalue weighted by molar-refractivity contribution is 8.00. The van der Waals surface area contributed by atoms with Crippen LogP contribution >= 0.6 is 23.1 Å². The number of hydrogen-bond acceptors (Lipinski definition) is 8. The van der Waals surface area contributed by atoms with Crippen LogP contribution in [0.15, 0.2) is 40.7 Å². The Balaban J connectivity index is 1.53. The maximum atomic E-state index is 13.0. The van der Waals surface area contributed by atoms with E-state index in [1.165, 1.54) is 35.2 Å². The summed E-state index contributed by atoms with van der Waals surface area (Å²) in [6.07, 6.45) is 0.754. The molecule has 164 valence electrons. The van der Waals surface area contributed by atoms with Gasteiger partial charge in [0.05, 0.1) is 21.3 Å². The van der Waals surface area contributed by atoms with Crippen molar-refractivity contribution < 1.29 is 23.4 Å². The minimum Gasteiger partial charge on any atom is -0.493 e. The van der Waals surface area contributed by atoms with Crippen molar-refractivity contribution in [2.24, 2.45) is 0 Å². The van der Waals surface area contributed by atoms with Crippen LogP contribution in [-0.2, 0) is 17.0 Å². The molecule has 31 heavy (non-hydrogen) atoms. The minimum absolute atomic E-state index is 0.167. The molecule has 0 saturated carbocycles. The predicted octanol–water partition coefficient (Wildman–Crippen LogP) is 4.57. The summed E-state index contributed by atoms with van der Waals surface area (Å²) in [7, 11) is 4.64. The Morgan fingerprint density at radius 3 is 2.32 bits per heavy atom. The van der Waals surface area contributed by atoms with Crippen molar-refractivity contribution in [3.05, 3.63) is 53.3 Å². The van der Waals surface area contributed by atoms with Crippen LogP contribution in [0.25, 0.3) is 0 Å². The van der Waals surface area contributed by atoms with Crippen LogP contribution < -0.4 is 19.5 Å². The van der Waals surface area contributed by atoms with Crippen molar-refractivity contribution in [2.45, 2.75) is 22.9 Å². The maximum Gasteiger partial charge on any atom is 0.226 e. The number of methoxy groups -OCH3 is 3. The maximum absolute atomic E-state index is 13.0. The molecule has 0 atom stereocenters. The molecule has 0 spiro atoms. The molecule has 0 fully saturated rings. The number of ether oxygens (including phenoxy) is 3. The molecule has 1 N–H and O–H groups in total. The average Bonchev–Trinajstić information content (AvgIpc) is 3.23. The van der Waals surface area contributed by atoms with Crippen LogP contribution in [-0.4, -0.2) is 37.4 Å². The third-order valence-electron chi connectivity index (χ3n) is 4.29. The summed E-state index contributed by atoms with van der Waals surface area (Å²) in [6.45, 7) is 0. The predicted molar refractivity (Wildman–Crippen MR) is 119 cm³/mol. The molecule has 1 heterocycles. The molecule has 10 heteroatoms. The van der Waals surface area contributed by atoms with Crippen molar-refractivity contribution in [1.82, 2.24) is 10.2 Å². The second-order valence-electron chi connectivity index (χ2n) is 6.37. The lowest BCUT2D eigenvalue weighted by molar-refractivity contribution is -0.116. The number of anilines is 1. The SMILES string of the molecule is COc1cc(CCC(=O)Nc2nnc(SCc3ccc(F)cc3)s2)cc(OC)c1OC. The van der Waals surface area contributed by atoms with Crippen LogP contribution in [0, 0.1) is 5.82 Å². The third-order valence-corrected chi connectivity index (χ3v) is 6.34. The Morgan fingerprint density at radius 2 is 1.71 bits per heavy atom. The number of carbonyl (C=O) groups is 1. The molecule has 0 bridgehead atoms. The number of carbonyl (C=O) groups excluding carboxylic acids is 1. The van der Waals surface area contributed by atoms with E-state index in [-0.39, 0.29) is 18.1 Å². The normalized spacial score (nSPS) is 10.6. The highest BCUT2D eigenvalue weighted by Crippen LogP contribution is 2.38. The molecule has 0 aliphatic heterocycles. The zero-order valence-electron chi connectivity index (χ0n) is 17.3. The second kappa shape index (κ2) is 11.0. The van der Waals surface area contributed by atoms with Gasteiger partial charge >= 0.3 is 0 Å². The van der Waals surface area contributed by atoms with Gasteiger partial charge in [0, 0.05) is 12.2 Å². The van der Waals surface area contributed by atoms with Crippen molar-refractivity contribution in [3.8, 4) is 17.2 Å². The molecular formula is C21H22FN3O4S2. The quantitative estimate of drug-likeness (QED) is 0.348. The van der Waals surface area contributed by atoms with E-state index in [9.17, 15) is 9.18 Å². The molecule has 7 nitrogen and oxygen atoms in total. The molecule has 0 saturated heterocycles. The standard InChI is InChI=1S/C21H22FN3O4S2/c1-27-16-10-14(11-17(28-2)19(16)29-3)6-9-18(26)23-20-24-25-21(31-20)30-12-13-4-7-15(22)8-5-13/h4-5,7-8,10-11H,6,9,12H2,1-3H3,(H,23,24,26). The van der Waals surface area contributed by atoms with Crippen molar-refractivity contribution in [2.75, 3.05) is 26.6 Å². The Hall–Kier alpha value is -2.85. The van der Waals surface area contributed by atoms with E-state index >= 15 is 0 Å². The van der Waals surface area contributed by atoms with Crippen LogP contribution in [0.2, 0.25) is 0 Å². The number of nitrogens with zero attached hydrogens (tertiary/aromatic N) is 2. The van der Waals surface area contributed by atoms with Gasteiger partial charge < -0.3 is 19.5 Å². The molecule has 3 aromatic rings. The first-order chi connectivity index (χ1) is 15.0. The number of thioether (sulfide) groups is 1. The Labute approximate surface area is 187 Å². The third kappa shape index (κ3) is 6.31. The zero-order valence-corrected chi connectivity index (χ0v) is 18.9. The summed E-state index contributed by atoms with van der Waals surface area (Å²) < 4.78 is 29.7. The smallest absolute Gasteiger partial charge is 0.226 e. The average molecular weight is 464 g/mol. The fraction of sp³-hybridized carbons (Fsp3) is 0.286. The van der Waals surface area contributed by atoms with Gasteiger partial charge in [-0.1, -0.05) is 35.2 Å². The first-order valence-electron chi connectivity index (χ1n) is 9.32. The fourth-order valence-electron chi connectivity index (χ4n) is 2.76. The summed E-state index contributed by atoms with van der Waals surface area (Å²) in [5.74, 6) is 1.82. The number of amides is 1. The van der Waals surface area contributed by atoms with Gasteiger partial charge in [-0.2, -0.15) is 0 Å².